The number of methoxy groups -OCH3 is 1. The van der Waals surface area contributed by atoms with Crippen molar-refractivity contribution >= 4 is 5.91 Å². The van der Waals surface area contributed by atoms with E-state index in [1.165, 1.54) is 37.9 Å². The molecule has 1 N–H and O–H groups in total. The first-order chi connectivity index (χ1) is 13.2. The van der Waals surface area contributed by atoms with Crippen LogP contribution in [0.15, 0.2) is 48.5 Å². The Morgan fingerprint density at radius 1 is 1.04 bits per heavy atom. The van der Waals surface area contributed by atoms with E-state index >= 15 is 0 Å². The topological polar surface area (TPSA) is 50.8 Å². The molecule has 0 aromatic heterocycles. The third-order valence-corrected chi connectivity index (χ3v) is 4.77. The van der Waals surface area contributed by atoms with Crippen LogP contribution >= 0.6 is 0 Å². The van der Waals surface area contributed by atoms with Gasteiger partial charge in [0, 0.05) is 18.2 Å². The Labute approximate surface area is 161 Å². The molecule has 27 heavy (non-hydrogen) atoms. The van der Waals surface area contributed by atoms with Crippen LogP contribution in [0.4, 0.5) is 0 Å². The highest BCUT2D eigenvalue weighted by molar-refractivity contribution is 5.94. The van der Waals surface area contributed by atoms with Crippen molar-refractivity contribution in [3.63, 3.8) is 0 Å². The van der Waals surface area contributed by atoms with Crippen LogP contribution in [0.25, 0.3) is 0 Å². The summed E-state index contributed by atoms with van der Waals surface area (Å²) < 4.78 is 10.8. The highest BCUT2D eigenvalue weighted by Crippen LogP contribution is 2.18. The molecule has 1 saturated heterocycles. The van der Waals surface area contributed by atoms with E-state index in [9.17, 15) is 4.79 Å². The van der Waals surface area contributed by atoms with E-state index in [1.54, 1.807) is 7.11 Å². The highest BCUT2D eigenvalue weighted by Gasteiger charge is 2.11. The first-order valence-corrected chi connectivity index (χ1v) is 9.61. The van der Waals surface area contributed by atoms with Crippen LogP contribution in [-0.2, 0) is 6.54 Å². The molecule has 1 amide bonds. The van der Waals surface area contributed by atoms with E-state index in [-0.39, 0.29) is 5.91 Å². The Morgan fingerprint density at radius 2 is 1.78 bits per heavy atom. The maximum Gasteiger partial charge on any atom is 0.251 e. The Bertz CT molecular complexity index is 725. The number of hydrogen-bond acceptors (Lipinski definition) is 4. The smallest absolute Gasteiger partial charge is 0.251 e. The largest absolute Gasteiger partial charge is 0.497 e. The molecule has 0 bridgehead atoms. The van der Waals surface area contributed by atoms with Crippen molar-refractivity contribution in [2.45, 2.75) is 25.8 Å². The lowest BCUT2D eigenvalue weighted by molar-refractivity contribution is 0.0947. The van der Waals surface area contributed by atoms with Crippen molar-refractivity contribution < 1.29 is 14.3 Å². The van der Waals surface area contributed by atoms with E-state index in [0.717, 1.165) is 18.0 Å². The first kappa shape index (κ1) is 19.2. The lowest BCUT2D eigenvalue weighted by Gasteiger charge is -2.26. The van der Waals surface area contributed by atoms with E-state index in [1.807, 2.05) is 36.4 Å². The van der Waals surface area contributed by atoms with Crippen LogP contribution in [0.1, 0.15) is 35.2 Å². The molecule has 144 valence electrons. The normalized spacial score (nSPS) is 14.6. The van der Waals surface area contributed by atoms with Crippen LogP contribution in [0.5, 0.6) is 11.5 Å². The maximum absolute atomic E-state index is 12.3. The molecule has 2 aromatic carbocycles. The number of rotatable bonds is 8. The molecule has 0 aliphatic carbocycles. The van der Waals surface area contributed by atoms with E-state index < -0.39 is 0 Å². The van der Waals surface area contributed by atoms with Crippen molar-refractivity contribution in [3.05, 3.63) is 59.7 Å². The van der Waals surface area contributed by atoms with Gasteiger partial charge in [-0.2, -0.15) is 0 Å². The molecule has 3 rings (SSSR count). The zero-order chi connectivity index (χ0) is 18.9. The van der Waals surface area contributed by atoms with Gasteiger partial charge in [0.15, 0.2) is 0 Å². The number of likely N-dealkylation sites (tertiary alicyclic amines) is 1. The van der Waals surface area contributed by atoms with Crippen LogP contribution in [0, 0.1) is 0 Å². The zero-order valence-electron chi connectivity index (χ0n) is 15.9. The SMILES string of the molecule is COc1cccc(OCCNC(=O)c2ccc(CN3CCCCC3)cc2)c1. The van der Waals surface area contributed by atoms with Gasteiger partial charge in [0.2, 0.25) is 0 Å². The average molecular weight is 368 g/mol. The summed E-state index contributed by atoms with van der Waals surface area (Å²) in [4.78, 5) is 14.7. The summed E-state index contributed by atoms with van der Waals surface area (Å²) >= 11 is 0. The minimum Gasteiger partial charge on any atom is -0.497 e. The standard InChI is InChI=1S/C22H28N2O3/c1-26-20-6-5-7-21(16-20)27-15-12-23-22(25)19-10-8-18(9-11-19)17-24-13-3-2-4-14-24/h5-11,16H,2-4,12-15,17H2,1H3,(H,23,25). The fourth-order valence-electron chi connectivity index (χ4n) is 3.26. The van der Waals surface area contributed by atoms with Gasteiger partial charge in [-0.25, -0.2) is 0 Å². The first-order valence-electron chi connectivity index (χ1n) is 9.61. The van der Waals surface area contributed by atoms with E-state index in [4.69, 9.17) is 9.47 Å². The molecule has 1 heterocycles. The number of hydrogen-bond donors (Lipinski definition) is 1. The molecule has 0 radical (unpaired) electrons. The molecule has 2 aromatic rings. The number of nitrogens with zero attached hydrogens (tertiary/aromatic N) is 1. The lowest BCUT2D eigenvalue weighted by atomic mass is 10.1. The quantitative estimate of drug-likeness (QED) is 0.725. The third kappa shape index (κ3) is 6.00. The predicted octanol–water partition coefficient (Wildman–Crippen LogP) is 3.49. The molecule has 1 aliphatic heterocycles. The van der Waals surface area contributed by atoms with Crippen LogP contribution in [0.3, 0.4) is 0 Å². The molecule has 0 spiro atoms. The van der Waals surface area contributed by atoms with Crippen molar-refractivity contribution in [2.24, 2.45) is 0 Å². The molecule has 0 unspecified atom stereocenters. The summed E-state index contributed by atoms with van der Waals surface area (Å²) in [5.74, 6) is 1.40. The fourth-order valence-corrected chi connectivity index (χ4v) is 3.26. The summed E-state index contributed by atoms with van der Waals surface area (Å²) in [6.07, 6.45) is 3.92. The Morgan fingerprint density at radius 3 is 2.52 bits per heavy atom. The molecule has 5 heteroatoms. The summed E-state index contributed by atoms with van der Waals surface area (Å²) in [6.45, 7) is 4.18. The minimum absolute atomic E-state index is 0.0752. The lowest BCUT2D eigenvalue weighted by Crippen LogP contribution is -2.29. The molecule has 1 aliphatic rings. The Balaban J connectivity index is 1.41. The van der Waals surface area contributed by atoms with E-state index in [0.29, 0.717) is 18.7 Å². The van der Waals surface area contributed by atoms with Crippen LogP contribution in [-0.4, -0.2) is 44.2 Å². The number of nitrogens with one attached hydrogen (secondary N) is 1. The summed E-state index contributed by atoms with van der Waals surface area (Å²) in [5.41, 5.74) is 1.94. The summed E-state index contributed by atoms with van der Waals surface area (Å²) in [6, 6.07) is 15.3. The number of carbonyl (C=O) groups is 1. The van der Waals surface area contributed by atoms with Gasteiger partial charge in [-0.15, -0.1) is 0 Å². The molecular formula is C22H28N2O3. The van der Waals surface area contributed by atoms with Gasteiger partial charge in [0.25, 0.3) is 5.91 Å². The number of amides is 1. The monoisotopic (exact) mass is 368 g/mol. The number of ether oxygens (including phenoxy) is 2. The number of piperidine rings is 1. The zero-order valence-corrected chi connectivity index (χ0v) is 15.9. The minimum atomic E-state index is -0.0752. The molecule has 0 atom stereocenters. The van der Waals surface area contributed by atoms with Crippen LogP contribution < -0.4 is 14.8 Å². The van der Waals surface area contributed by atoms with Crippen molar-refractivity contribution in [1.82, 2.24) is 10.2 Å². The highest BCUT2D eigenvalue weighted by atomic mass is 16.5. The average Bonchev–Trinajstić information content (AvgIpc) is 2.72. The van der Waals surface area contributed by atoms with Crippen molar-refractivity contribution in [1.29, 1.82) is 0 Å². The van der Waals surface area contributed by atoms with Gasteiger partial charge in [-0.05, 0) is 55.8 Å². The molecule has 0 saturated carbocycles. The predicted molar refractivity (Wildman–Crippen MR) is 106 cm³/mol. The Hall–Kier alpha value is -2.53. The summed E-state index contributed by atoms with van der Waals surface area (Å²) in [7, 11) is 1.62. The molecule has 5 nitrogen and oxygen atoms in total. The fraction of sp³-hybridized carbons (Fsp3) is 0.409. The number of carbonyl (C=O) groups excluding carboxylic acids is 1. The maximum atomic E-state index is 12.3. The van der Waals surface area contributed by atoms with Crippen LogP contribution in [0.2, 0.25) is 0 Å². The third-order valence-electron chi connectivity index (χ3n) is 4.77. The van der Waals surface area contributed by atoms with Gasteiger partial charge in [0.05, 0.1) is 13.7 Å². The van der Waals surface area contributed by atoms with Gasteiger partial charge >= 0.3 is 0 Å². The van der Waals surface area contributed by atoms with Crippen molar-refractivity contribution in [3.8, 4) is 11.5 Å². The second-order valence-electron chi connectivity index (χ2n) is 6.82. The van der Waals surface area contributed by atoms with Gasteiger partial charge in [0.1, 0.15) is 18.1 Å². The van der Waals surface area contributed by atoms with Gasteiger partial charge in [-0.3, -0.25) is 9.69 Å². The second kappa shape index (κ2) is 9.97. The second-order valence-corrected chi connectivity index (χ2v) is 6.82. The molecule has 1 fully saturated rings. The van der Waals surface area contributed by atoms with Gasteiger partial charge < -0.3 is 14.8 Å². The van der Waals surface area contributed by atoms with Gasteiger partial charge in [-0.1, -0.05) is 24.6 Å². The Kier molecular flexibility index (Phi) is 7.11. The number of benzene rings is 2. The summed E-state index contributed by atoms with van der Waals surface area (Å²) in [5, 5.41) is 2.89. The van der Waals surface area contributed by atoms with E-state index in [2.05, 4.69) is 22.3 Å². The molecular weight excluding hydrogens is 340 g/mol. The van der Waals surface area contributed by atoms with Crippen molar-refractivity contribution in [2.75, 3.05) is 33.4 Å².